The van der Waals surface area contributed by atoms with Crippen LogP contribution >= 0.6 is 0 Å². The topological polar surface area (TPSA) is 81.4 Å². The Bertz CT molecular complexity index is 590. The van der Waals surface area contributed by atoms with Crippen LogP contribution in [0.15, 0.2) is 29.7 Å². The van der Waals surface area contributed by atoms with Gasteiger partial charge in [0.2, 0.25) is 0 Å². The summed E-state index contributed by atoms with van der Waals surface area (Å²) in [5.74, 6) is 0.988. The fraction of sp³-hybridized carbons (Fsp3) is 0.333. The van der Waals surface area contributed by atoms with Crippen LogP contribution in [0.5, 0.6) is 0 Å². The first kappa shape index (κ1) is 10.9. The fourth-order valence-electron chi connectivity index (χ4n) is 2.53. The average molecular weight is 246 g/mol. The molecular formula is C12H14N4O2. The quantitative estimate of drug-likeness (QED) is 0.514. The molecule has 1 aromatic rings. The number of hydrogen-bond acceptors (Lipinski definition) is 5. The normalized spacial score (nSPS) is 22.0. The minimum Gasteiger partial charge on any atom is -0.427 e. The molecule has 6 heteroatoms. The van der Waals surface area contributed by atoms with Crippen molar-refractivity contribution < 1.29 is 10.0 Å². The van der Waals surface area contributed by atoms with Gasteiger partial charge in [0.15, 0.2) is 5.49 Å². The molecule has 18 heavy (non-hydrogen) atoms. The number of aromatic nitrogens is 1. The van der Waals surface area contributed by atoms with Crippen molar-refractivity contribution in [2.24, 2.45) is 0 Å². The van der Waals surface area contributed by atoms with E-state index in [-0.39, 0.29) is 11.5 Å². The van der Waals surface area contributed by atoms with Gasteiger partial charge in [0.25, 0.3) is 0 Å². The Morgan fingerprint density at radius 1 is 1.56 bits per heavy atom. The number of nitrogens with zero attached hydrogens (tertiary/aromatic N) is 2. The van der Waals surface area contributed by atoms with Gasteiger partial charge < -0.3 is 20.2 Å². The highest BCUT2D eigenvalue weighted by atomic mass is 16.5. The lowest BCUT2D eigenvalue weighted by molar-refractivity contribution is -0.109. The second-order valence-electron chi connectivity index (χ2n) is 4.56. The Morgan fingerprint density at radius 2 is 2.39 bits per heavy atom. The van der Waals surface area contributed by atoms with E-state index in [1.54, 1.807) is 12.1 Å². The van der Waals surface area contributed by atoms with Crippen LogP contribution in [-0.2, 0) is 4.79 Å². The van der Waals surface area contributed by atoms with E-state index in [1.807, 2.05) is 0 Å². The summed E-state index contributed by atoms with van der Waals surface area (Å²) in [4.78, 5) is 12.9. The van der Waals surface area contributed by atoms with Gasteiger partial charge in [0, 0.05) is 24.5 Å². The number of nitrogens with one attached hydrogen (secondary N) is 2. The van der Waals surface area contributed by atoms with Gasteiger partial charge in [0.1, 0.15) is 12.1 Å². The maximum Gasteiger partial charge on any atom is 0.162 e. The Hall–Kier alpha value is -2.24. The van der Waals surface area contributed by atoms with E-state index in [1.165, 1.54) is 11.8 Å². The predicted octanol–water partition coefficient (Wildman–Crippen LogP) is 0.187. The van der Waals surface area contributed by atoms with Crippen LogP contribution in [0.3, 0.4) is 0 Å². The average Bonchev–Trinajstić information content (AvgIpc) is 2.92. The number of carbonyl (C=O) groups is 1. The van der Waals surface area contributed by atoms with Crippen molar-refractivity contribution in [1.29, 1.82) is 5.41 Å². The van der Waals surface area contributed by atoms with E-state index < -0.39 is 0 Å². The lowest BCUT2D eigenvalue weighted by Crippen LogP contribution is -2.34. The second kappa shape index (κ2) is 3.90. The van der Waals surface area contributed by atoms with Gasteiger partial charge in [-0.05, 0) is 24.5 Å². The van der Waals surface area contributed by atoms with Crippen molar-refractivity contribution in [3.8, 4) is 0 Å². The molecule has 2 aliphatic rings. The van der Waals surface area contributed by atoms with Gasteiger partial charge >= 0.3 is 0 Å². The molecular weight excluding hydrogens is 232 g/mol. The molecule has 3 rings (SSSR count). The number of hydrogen-bond donors (Lipinski definition) is 3. The van der Waals surface area contributed by atoms with Crippen LogP contribution in [0.25, 0.3) is 0 Å². The smallest absolute Gasteiger partial charge is 0.162 e. The van der Waals surface area contributed by atoms with Gasteiger partial charge in [-0.3, -0.25) is 5.41 Å². The number of anilines is 1. The molecule has 0 radical (unpaired) electrons. The van der Waals surface area contributed by atoms with Crippen molar-refractivity contribution in [3.05, 3.63) is 35.2 Å². The summed E-state index contributed by atoms with van der Waals surface area (Å²) in [5, 5.41) is 20.1. The van der Waals surface area contributed by atoms with Crippen molar-refractivity contribution in [2.75, 3.05) is 11.4 Å². The lowest BCUT2D eigenvalue weighted by Gasteiger charge is -2.23. The maximum atomic E-state index is 10.8. The first-order valence-corrected chi connectivity index (χ1v) is 5.87. The van der Waals surface area contributed by atoms with E-state index in [0.717, 1.165) is 41.9 Å². The number of aldehydes is 1. The summed E-state index contributed by atoms with van der Waals surface area (Å²) in [6.45, 7) is 0.845. The van der Waals surface area contributed by atoms with E-state index in [4.69, 9.17) is 5.41 Å². The molecule has 1 atom stereocenters. The molecule has 1 aromatic heterocycles. The Labute approximate surface area is 104 Å². The summed E-state index contributed by atoms with van der Waals surface area (Å²) in [5.41, 5.74) is 2.15. The zero-order valence-corrected chi connectivity index (χ0v) is 9.76. The third-order valence-corrected chi connectivity index (χ3v) is 3.42. The van der Waals surface area contributed by atoms with Crippen LogP contribution < -0.4 is 15.7 Å². The molecule has 3 heterocycles. The predicted molar refractivity (Wildman–Crippen MR) is 64.1 cm³/mol. The van der Waals surface area contributed by atoms with Gasteiger partial charge in [-0.1, -0.05) is 0 Å². The summed E-state index contributed by atoms with van der Waals surface area (Å²) in [6.07, 6.45) is 4.09. The van der Waals surface area contributed by atoms with Gasteiger partial charge in [-0.15, -0.1) is 0 Å². The number of carbonyl (C=O) groups excluding carboxylic acids is 1. The lowest BCUT2D eigenvalue weighted by atomic mass is 10.1. The zero-order valence-electron chi connectivity index (χ0n) is 9.76. The van der Waals surface area contributed by atoms with E-state index >= 15 is 0 Å². The molecule has 94 valence electrons. The second-order valence-corrected chi connectivity index (χ2v) is 4.56. The van der Waals surface area contributed by atoms with E-state index in [0.29, 0.717) is 0 Å². The molecule has 3 N–H and O–H groups in total. The molecule has 0 spiro atoms. The third kappa shape index (κ3) is 1.57. The minimum atomic E-state index is -0.125. The molecule has 0 saturated carbocycles. The van der Waals surface area contributed by atoms with Crippen LogP contribution in [0, 0.1) is 5.41 Å². The van der Waals surface area contributed by atoms with Gasteiger partial charge in [0.05, 0.1) is 6.04 Å². The van der Waals surface area contributed by atoms with Crippen molar-refractivity contribution in [1.82, 2.24) is 10.0 Å². The van der Waals surface area contributed by atoms with Crippen LogP contribution in [0.1, 0.15) is 12.8 Å². The van der Waals surface area contributed by atoms with E-state index in [9.17, 15) is 10.0 Å². The van der Waals surface area contributed by atoms with Gasteiger partial charge in [-0.2, -0.15) is 4.73 Å². The Morgan fingerprint density at radius 3 is 3.11 bits per heavy atom. The standard InChI is InChI=1S/C12H14N4O2/c13-11-6-10(2-4-16(11)18)15-3-1-8-5-9(7-17)14-12(8)15/h2,4,6-7,9,13-14,18H,1,3,5H2. The van der Waals surface area contributed by atoms with Crippen LogP contribution in [0.4, 0.5) is 5.69 Å². The number of rotatable bonds is 2. The summed E-state index contributed by atoms with van der Waals surface area (Å²) in [7, 11) is 0. The highest BCUT2D eigenvalue weighted by molar-refractivity contribution is 5.64. The molecule has 6 nitrogen and oxygen atoms in total. The van der Waals surface area contributed by atoms with Crippen molar-refractivity contribution >= 4 is 12.0 Å². The molecule has 0 saturated heterocycles. The first-order valence-electron chi connectivity index (χ1n) is 5.87. The molecule has 0 bridgehead atoms. The molecule has 2 aliphatic heterocycles. The SMILES string of the molecule is N=c1cc(N2CCC3=C2NC(C=O)C3)ccn1O. The van der Waals surface area contributed by atoms with Crippen LogP contribution in [-0.4, -0.2) is 28.8 Å². The zero-order chi connectivity index (χ0) is 12.7. The largest absolute Gasteiger partial charge is 0.427 e. The maximum absolute atomic E-state index is 10.8. The Balaban J connectivity index is 1.92. The summed E-state index contributed by atoms with van der Waals surface area (Å²) in [6, 6.07) is 3.23. The Kier molecular flexibility index (Phi) is 2.36. The third-order valence-electron chi connectivity index (χ3n) is 3.42. The summed E-state index contributed by atoms with van der Waals surface area (Å²) >= 11 is 0. The van der Waals surface area contributed by atoms with Gasteiger partial charge in [-0.25, -0.2) is 0 Å². The monoisotopic (exact) mass is 246 g/mol. The first-order chi connectivity index (χ1) is 8.69. The van der Waals surface area contributed by atoms with Crippen molar-refractivity contribution in [2.45, 2.75) is 18.9 Å². The number of pyridine rings is 1. The van der Waals surface area contributed by atoms with Crippen LogP contribution in [0.2, 0.25) is 0 Å². The highest BCUT2D eigenvalue weighted by Gasteiger charge is 2.32. The molecule has 0 fully saturated rings. The molecule has 0 aliphatic carbocycles. The molecule has 1 unspecified atom stereocenters. The fourth-order valence-corrected chi connectivity index (χ4v) is 2.53. The molecule has 0 aromatic carbocycles. The van der Waals surface area contributed by atoms with E-state index in [2.05, 4.69) is 10.2 Å². The summed E-state index contributed by atoms with van der Waals surface area (Å²) < 4.78 is 0.769. The minimum absolute atomic E-state index is 0.0338. The van der Waals surface area contributed by atoms with Crippen molar-refractivity contribution in [3.63, 3.8) is 0 Å². The highest BCUT2D eigenvalue weighted by Crippen LogP contribution is 2.33. The molecule has 0 amide bonds.